The van der Waals surface area contributed by atoms with Crippen molar-refractivity contribution >= 4 is 33.5 Å². The zero-order chi connectivity index (χ0) is 38.8. The number of fused-ring (bicyclic) bond motifs is 15. The lowest BCUT2D eigenvalue weighted by Gasteiger charge is -2.31. The van der Waals surface area contributed by atoms with Crippen LogP contribution in [0.1, 0.15) is 66.8 Å². The molecule has 4 aromatic rings. The fourth-order valence-electron chi connectivity index (χ4n) is 7.74. The molecule has 0 amide bonds. The second kappa shape index (κ2) is 16.6. The highest BCUT2D eigenvalue weighted by Crippen LogP contribution is 2.39. The first-order valence-corrected chi connectivity index (χ1v) is 20.4. The van der Waals surface area contributed by atoms with Crippen LogP contribution in [0.4, 0.5) is 0 Å². The lowest BCUT2D eigenvalue weighted by atomic mass is 9.93. The summed E-state index contributed by atoms with van der Waals surface area (Å²) in [4.78, 5) is 31.2. The maximum Gasteiger partial charge on any atom is 0.323 e. The van der Waals surface area contributed by atoms with Crippen LogP contribution in [0.15, 0.2) is 48.5 Å². The minimum Gasteiger partial charge on any atom is -0.507 e. The van der Waals surface area contributed by atoms with E-state index in [2.05, 4.69) is 0 Å². The van der Waals surface area contributed by atoms with Crippen molar-refractivity contribution in [3.63, 3.8) is 0 Å². The highest BCUT2D eigenvalue weighted by Gasteiger charge is 2.33. The third-order valence-electron chi connectivity index (χ3n) is 10.3. The maximum atomic E-state index is 13.7. The number of aryl methyl sites for hydroxylation is 4. The van der Waals surface area contributed by atoms with Crippen molar-refractivity contribution in [1.29, 1.82) is 0 Å². The van der Waals surface area contributed by atoms with Crippen LogP contribution in [-0.4, -0.2) is 80.0 Å². The highest BCUT2D eigenvalue weighted by atomic mass is 33.1. The molecular formula is C42H48N2O8S2. The fourth-order valence-corrected chi connectivity index (χ4v) is 10.2. The minimum atomic E-state index is -0.804. The van der Waals surface area contributed by atoms with Gasteiger partial charge in [-0.1, -0.05) is 92.4 Å². The molecule has 10 bridgehead atoms. The van der Waals surface area contributed by atoms with Crippen LogP contribution in [0, 0.1) is 27.7 Å². The Morgan fingerprint density at radius 1 is 0.500 bits per heavy atom. The van der Waals surface area contributed by atoms with Gasteiger partial charge in [-0.15, -0.1) is 0 Å². The molecule has 6 rings (SSSR count). The average Bonchev–Trinajstić information content (AvgIpc) is 3.12. The van der Waals surface area contributed by atoms with E-state index in [1.807, 2.05) is 86.0 Å². The molecule has 0 aromatic heterocycles. The van der Waals surface area contributed by atoms with Gasteiger partial charge in [-0.25, -0.2) is 0 Å². The van der Waals surface area contributed by atoms with E-state index in [9.17, 15) is 30.0 Å². The molecule has 0 aliphatic carbocycles. The number of carbonyl (C=O) groups excluding carboxylic acids is 2. The van der Waals surface area contributed by atoms with Crippen molar-refractivity contribution in [2.45, 2.75) is 78.8 Å². The van der Waals surface area contributed by atoms with Crippen molar-refractivity contribution in [2.24, 2.45) is 0 Å². The molecule has 0 unspecified atom stereocenters. The van der Waals surface area contributed by atoms with Gasteiger partial charge in [0.1, 0.15) is 35.1 Å². The first-order chi connectivity index (χ1) is 25.8. The van der Waals surface area contributed by atoms with E-state index < -0.39 is 24.0 Å². The van der Waals surface area contributed by atoms with Gasteiger partial charge in [0.05, 0.1) is 14.2 Å². The molecule has 0 saturated carbocycles. The number of esters is 2. The van der Waals surface area contributed by atoms with Gasteiger partial charge in [0.25, 0.3) is 0 Å². The molecule has 0 fully saturated rings. The SMILES string of the molecule is COC(=O)[C@H]1CSSC[C@@H](C(=O)OC)N2Cc3cc(C)cc(c3O)Cc3cc(C)cc(c3O)CN1Cc1cc(C)cc(c1O)Cc1cc(C)cc(c1O)C2. The highest BCUT2D eigenvalue weighted by molar-refractivity contribution is 8.76. The van der Waals surface area contributed by atoms with Crippen molar-refractivity contribution in [3.8, 4) is 23.0 Å². The number of aromatic hydroxyl groups is 4. The number of rotatable bonds is 2. The van der Waals surface area contributed by atoms with Gasteiger partial charge in [0.15, 0.2) is 0 Å². The Hall–Kier alpha value is -4.36. The summed E-state index contributed by atoms with van der Waals surface area (Å²) in [6.07, 6.45) is 0.440. The molecule has 10 nitrogen and oxygen atoms in total. The maximum absolute atomic E-state index is 13.7. The quantitative estimate of drug-likeness (QED) is 0.127. The monoisotopic (exact) mass is 772 g/mol. The first-order valence-electron chi connectivity index (χ1n) is 17.9. The van der Waals surface area contributed by atoms with Crippen LogP contribution in [0.3, 0.4) is 0 Å². The molecule has 54 heavy (non-hydrogen) atoms. The second-order valence-electron chi connectivity index (χ2n) is 14.5. The molecule has 286 valence electrons. The zero-order valence-corrected chi connectivity index (χ0v) is 33.2. The first kappa shape index (κ1) is 39.3. The molecule has 0 saturated heterocycles. The van der Waals surface area contributed by atoms with Crippen LogP contribution < -0.4 is 0 Å². The standard InChI is InChI=1S/C42H48N2O8S2/c1-23-7-27-15-28-8-24(2)12-33(38(28)46)19-44-20-34-14-26(4)10-30(40(34)48)16-29-9-25(3)13-32(39(29)47)18-43(17-31(11-23)37(27)45)35(41(49)51-5)21-53-54-22-36(44)42(50)52-6/h7-14,35-36,45-48H,15-22H2,1-6H3/t35-,36+. The summed E-state index contributed by atoms with van der Waals surface area (Å²) >= 11 is 0. The molecule has 0 spiro atoms. The van der Waals surface area contributed by atoms with Crippen molar-refractivity contribution in [3.05, 3.63) is 115 Å². The number of nitrogens with zero attached hydrogens (tertiary/aromatic N) is 2. The Labute approximate surface area is 324 Å². The molecular weight excluding hydrogens is 725 g/mol. The average molecular weight is 773 g/mol. The topological polar surface area (TPSA) is 140 Å². The number of methoxy groups -OCH3 is 2. The van der Waals surface area contributed by atoms with Gasteiger partial charge < -0.3 is 29.9 Å². The van der Waals surface area contributed by atoms with Gasteiger partial charge >= 0.3 is 11.9 Å². The van der Waals surface area contributed by atoms with E-state index in [-0.39, 0.29) is 73.5 Å². The summed E-state index contributed by atoms with van der Waals surface area (Å²) in [5, 5.41) is 47.5. The van der Waals surface area contributed by atoms with E-state index in [1.54, 1.807) is 0 Å². The number of hydrogen-bond donors (Lipinski definition) is 4. The van der Waals surface area contributed by atoms with Crippen LogP contribution in [0.5, 0.6) is 23.0 Å². The van der Waals surface area contributed by atoms with Crippen LogP contribution in [0.2, 0.25) is 0 Å². The van der Waals surface area contributed by atoms with Gasteiger partial charge in [-0.2, -0.15) is 0 Å². The Morgan fingerprint density at radius 2 is 0.741 bits per heavy atom. The lowest BCUT2D eigenvalue weighted by Crippen LogP contribution is -2.43. The second-order valence-corrected chi connectivity index (χ2v) is 17.1. The number of phenolic OH excluding ortho intramolecular Hbond substituents is 4. The third kappa shape index (κ3) is 8.47. The normalized spacial score (nSPS) is 20.5. The number of phenols is 4. The van der Waals surface area contributed by atoms with E-state index in [4.69, 9.17) is 9.47 Å². The molecule has 4 N–H and O–H groups in total. The van der Waals surface area contributed by atoms with Crippen LogP contribution >= 0.6 is 21.6 Å². The Balaban J connectivity index is 1.65. The molecule has 2 heterocycles. The van der Waals surface area contributed by atoms with Gasteiger partial charge in [0, 0.05) is 72.8 Å². The summed E-state index contributed by atoms with van der Waals surface area (Å²) < 4.78 is 10.7. The summed E-state index contributed by atoms with van der Waals surface area (Å²) in [7, 11) is 5.51. The Morgan fingerprint density at radius 3 is 0.981 bits per heavy atom. The van der Waals surface area contributed by atoms with Crippen LogP contribution in [0.25, 0.3) is 0 Å². The van der Waals surface area contributed by atoms with E-state index in [1.165, 1.54) is 35.8 Å². The molecule has 2 aliphatic rings. The summed E-state index contributed by atoms with van der Waals surface area (Å²) in [5.41, 5.74) is 8.37. The summed E-state index contributed by atoms with van der Waals surface area (Å²) in [6, 6.07) is 13.5. The zero-order valence-electron chi connectivity index (χ0n) is 31.6. The van der Waals surface area contributed by atoms with Crippen molar-refractivity contribution < 1.29 is 39.5 Å². The Bertz CT molecular complexity index is 1820. The lowest BCUT2D eigenvalue weighted by molar-refractivity contribution is -0.147. The number of ether oxygens (including phenoxy) is 2. The van der Waals surface area contributed by atoms with Gasteiger partial charge in [0.2, 0.25) is 0 Å². The number of hydrogen-bond acceptors (Lipinski definition) is 12. The molecule has 0 radical (unpaired) electrons. The van der Waals surface area contributed by atoms with Gasteiger partial charge in [-0.3, -0.25) is 19.4 Å². The minimum absolute atomic E-state index is 0.0586. The van der Waals surface area contributed by atoms with E-state index in [0.29, 0.717) is 44.5 Å². The number of benzene rings is 4. The van der Waals surface area contributed by atoms with Crippen molar-refractivity contribution in [2.75, 3.05) is 25.7 Å². The summed E-state index contributed by atoms with van der Waals surface area (Å²) in [6.45, 7) is 8.33. The molecule has 12 heteroatoms. The third-order valence-corrected chi connectivity index (χ3v) is 12.7. The van der Waals surface area contributed by atoms with Gasteiger partial charge in [-0.05, 0) is 49.9 Å². The van der Waals surface area contributed by atoms with E-state index >= 15 is 0 Å². The van der Waals surface area contributed by atoms with Crippen molar-refractivity contribution in [1.82, 2.24) is 9.80 Å². The smallest absolute Gasteiger partial charge is 0.323 e. The molecule has 2 atom stereocenters. The largest absolute Gasteiger partial charge is 0.507 e. The summed E-state index contributed by atoms with van der Waals surface area (Å²) in [5.74, 6) is -0.175. The predicted octanol–water partition coefficient (Wildman–Crippen LogP) is 6.72. The predicted molar refractivity (Wildman–Crippen MR) is 212 cm³/mol. The van der Waals surface area contributed by atoms with Crippen LogP contribution in [-0.2, 0) is 58.1 Å². The Kier molecular flexibility index (Phi) is 12.1. The fraction of sp³-hybridized carbons (Fsp3) is 0.381. The molecule has 4 aromatic carbocycles. The molecule has 2 aliphatic heterocycles. The number of carbonyl (C=O) groups is 2. The van der Waals surface area contributed by atoms with E-state index in [0.717, 1.165) is 22.3 Å².